The van der Waals surface area contributed by atoms with Crippen molar-refractivity contribution in [2.45, 2.75) is 90.1 Å². The van der Waals surface area contributed by atoms with Gasteiger partial charge in [-0.15, -0.1) is 0 Å². The zero-order chi connectivity index (χ0) is 26.4. The van der Waals surface area contributed by atoms with Gasteiger partial charge in [-0.05, 0) is 68.7 Å². The van der Waals surface area contributed by atoms with Crippen LogP contribution in [0.2, 0.25) is 25.7 Å². The first-order chi connectivity index (χ1) is 16.7. The number of anilines is 1. The third-order valence-electron chi connectivity index (χ3n) is 6.86. The minimum absolute atomic E-state index is 0.0482. The molecule has 0 N–H and O–H groups in total. The molecule has 0 radical (unpaired) electrons. The summed E-state index contributed by atoms with van der Waals surface area (Å²) in [5, 5.41) is 0.633. The number of hydrogen-bond donors (Lipinski definition) is 0. The number of piperidine rings is 1. The van der Waals surface area contributed by atoms with Crippen LogP contribution in [0.15, 0.2) is 11.0 Å². The number of ether oxygens (including phenoxy) is 2. The van der Waals surface area contributed by atoms with Gasteiger partial charge in [-0.3, -0.25) is 9.36 Å². The van der Waals surface area contributed by atoms with Crippen molar-refractivity contribution in [1.82, 2.24) is 19.0 Å². The van der Waals surface area contributed by atoms with Crippen LogP contribution in [0, 0.1) is 3.57 Å². The lowest BCUT2D eigenvalue weighted by atomic mass is 9.91. The molecule has 2 fully saturated rings. The molecular formula is C25H40IN5O4Si. The molecule has 4 rings (SSSR count). The third kappa shape index (κ3) is 5.93. The van der Waals surface area contributed by atoms with Gasteiger partial charge in [0.2, 0.25) is 5.95 Å². The van der Waals surface area contributed by atoms with Crippen LogP contribution < -0.4 is 10.5 Å². The molecule has 2 saturated heterocycles. The highest BCUT2D eigenvalue weighted by atomic mass is 127. The van der Waals surface area contributed by atoms with Crippen LogP contribution in [0.4, 0.5) is 10.7 Å². The summed E-state index contributed by atoms with van der Waals surface area (Å²) in [7, 11) is 0.623. The average Bonchev–Trinajstić information content (AvgIpc) is 3.06. The van der Waals surface area contributed by atoms with Crippen molar-refractivity contribution in [1.29, 1.82) is 0 Å². The molecule has 2 bridgehead atoms. The second-order valence-electron chi connectivity index (χ2n) is 12.3. The lowest BCUT2D eigenvalue weighted by Crippen LogP contribution is -2.63. The van der Waals surface area contributed by atoms with E-state index < -0.39 is 13.7 Å². The highest BCUT2D eigenvalue weighted by Crippen LogP contribution is 2.33. The first-order valence-electron chi connectivity index (χ1n) is 12.8. The van der Waals surface area contributed by atoms with Gasteiger partial charge in [-0.2, -0.15) is 4.98 Å². The number of nitrogens with zero attached hydrogens (tertiary/aromatic N) is 5. The molecule has 200 valence electrons. The molecule has 11 heteroatoms. The molecule has 2 aromatic rings. The van der Waals surface area contributed by atoms with E-state index in [0.29, 0.717) is 43.4 Å². The summed E-state index contributed by atoms with van der Waals surface area (Å²) in [6, 6.07) is 1.28. The number of fused-ring (bicyclic) bond motifs is 3. The Kier molecular flexibility index (Phi) is 7.83. The average molecular weight is 630 g/mol. The number of carbonyl (C=O) groups excluding carboxylic acids is 1. The van der Waals surface area contributed by atoms with Crippen LogP contribution in [-0.2, 0) is 23.3 Å². The molecule has 2 aliphatic heterocycles. The molecule has 0 aliphatic carbocycles. The number of aromatic nitrogens is 3. The van der Waals surface area contributed by atoms with Gasteiger partial charge in [-0.1, -0.05) is 19.6 Å². The Morgan fingerprint density at radius 2 is 1.83 bits per heavy atom. The molecule has 0 aromatic carbocycles. The minimum atomic E-state index is -1.18. The van der Waals surface area contributed by atoms with Gasteiger partial charge in [0.25, 0.3) is 5.56 Å². The van der Waals surface area contributed by atoms with Crippen molar-refractivity contribution in [2.75, 3.05) is 24.6 Å². The Labute approximate surface area is 228 Å². The normalized spacial score (nSPS) is 20.8. The molecule has 2 unspecified atom stereocenters. The Morgan fingerprint density at radius 3 is 2.42 bits per heavy atom. The maximum absolute atomic E-state index is 13.5. The van der Waals surface area contributed by atoms with E-state index in [1.165, 1.54) is 0 Å². The Hall–Kier alpha value is -1.60. The Bertz CT molecular complexity index is 1170. The number of rotatable bonds is 6. The van der Waals surface area contributed by atoms with Crippen LogP contribution in [-0.4, -0.2) is 70.6 Å². The van der Waals surface area contributed by atoms with Crippen molar-refractivity contribution in [3.63, 3.8) is 0 Å². The van der Waals surface area contributed by atoms with Gasteiger partial charge in [-0.25, -0.2) is 4.79 Å². The van der Waals surface area contributed by atoms with Crippen molar-refractivity contribution in [3.8, 4) is 0 Å². The number of carbonyl (C=O) groups is 1. The zero-order valence-corrected chi connectivity index (χ0v) is 25.8. The predicted octanol–water partition coefficient (Wildman–Crippen LogP) is 4.63. The molecule has 2 aliphatic rings. The van der Waals surface area contributed by atoms with Gasteiger partial charge >= 0.3 is 6.09 Å². The highest BCUT2D eigenvalue weighted by Gasteiger charge is 2.42. The summed E-state index contributed by atoms with van der Waals surface area (Å²) in [5.41, 5.74) is 0.0884. The maximum Gasteiger partial charge on any atom is 0.410 e. The van der Waals surface area contributed by atoms with Gasteiger partial charge < -0.3 is 23.8 Å². The lowest BCUT2D eigenvalue weighted by molar-refractivity contribution is 0.0153. The van der Waals surface area contributed by atoms with E-state index >= 15 is 0 Å². The molecule has 2 atom stereocenters. The minimum Gasteiger partial charge on any atom is -0.444 e. The fourth-order valence-corrected chi connectivity index (χ4v) is 6.60. The van der Waals surface area contributed by atoms with Gasteiger partial charge in [0.05, 0.1) is 5.39 Å². The summed E-state index contributed by atoms with van der Waals surface area (Å²) in [6.07, 6.45) is 4.68. The maximum atomic E-state index is 13.5. The highest BCUT2D eigenvalue weighted by molar-refractivity contribution is 14.1. The van der Waals surface area contributed by atoms with Crippen LogP contribution in [0.25, 0.3) is 11.0 Å². The Balaban J connectivity index is 1.63. The second kappa shape index (κ2) is 10.3. The molecule has 1 amide bonds. The number of hydrogen-bond acceptors (Lipinski definition) is 6. The van der Waals surface area contributed by atoms with Crippen LogP contribution in [0.3, 0.4) is 0 Å². The largest absolute Gasteiger partial charge is 0.444 e. The summed E-state index contributed by atoms with van der Waals surface area (Å²) in [4.78, 5) is 35.5. The smallest absolute Gasteiger partial charge is 0.410 e. The quantitative estimate of drug-likeness (QED) is 0.264. The number of halogens is 1. The number of amides is 1. The number of piperazine rings is 1. The van der Waals surface area contributed by atoms with Crippen molar-refractivity contribution >= 4 is 53.7 Å². The summed E-state index contributed by atoms with van der Waals surface area (Å²) >= 11 is 2.21. The van der Waals surface area contributed by atoms with E-state index in [2.05, 4.69) is 47.1 Å². The van der Waals surface area contributed by atoms with E-state index in [0.717, 1.165) is 28.9 Å². The van der Waals surface area contributed by atoms with Crippen LogP contribution in [0.1, 0.15) is 40.0 Å². The van der Waals surface area contributed by atoms with Crippen molar-refractivity contribution in [2.24, 2.45) is 7.05 Å². The summed E-state index contributed by atoms with van der Waals surface area (Å²) in [5.74, 6) is 0.670. The third-order valence-corrected chi connectivity index (χ3v) is 9.38. The molecule has 2 aromatic heterocycles. The first kappa shape index (κ1) is 27.4. The van der Waals surface area contributed by atoms with E-state index in [1.54, 1.807) is 11.6 Å². The molecule has 4 heterocycles. The van der Waals surface area contributed by atoms with Gasteiger partial charge in [0, 0.05) is 56.7 Å². The lowest BCUT2D eigenvalue weighted by Gasteiger charge is -2.50. The molecule has 9 nitrogen and oxygen atoms in total. The fourth-order valence-electron chi connectivity index (χ4n) is 5.04. The predicted molar refractivity (Wildman–Crippen MR) is 154 cm³/mol. The van der Waals surface area contributed by atoms with E-state index in [1.807, 2.05) is 36.4 Å². The van der Waals surface area contributed by atoms with Crippen molar-refractivity contribution < 1.29 is 14.3 Å². The standard InChI is InChI=1S/C25H40IN5O4Si/c1-25(2,3)35-24(33)29-13-17-9-8-10-18(14-29)31(17)23-27-21-20(22(32)28(23)4)19(26)15-30(21)16-34-11-12-36(5,6)7/h15,17-18H,8-14,16H2,1-7H3. The van der Waals surface area contributed by atoms with Gasteiger partial charge in [0.15, 0.2) is 5.65 Å². The molecule has 36 heavy (non-hydrogen) atoms. The summed E-state index contributed by atoms with van der Waals surface area (Å²) < 4.78 is 16.2. The Morgan fingerprint density at radius 1 is 1.19 bits per heavy atom. The van der Waals surface area contributed by atoms with Crippen LogP contribution >= 0.6 is 22.6 Å². The first-order valence-corrected chi connectivity index (χ1v) is 17.6. The second-order valence-corrected chi connectivity index (χ2v) is 19.1. The molecular weight excluding hydrogens is 589 g/mol. The van der Waals surface area contributed by atoms with E-state index in [4.69, 9.17) is 14.5 Å². The van der Waals surface area contributed by atoms with Gasteiger partial charge in [0.1, 0.15) is 12.3 Å². The molecule has 0 spiro atoms. The molecule has 0 saturated carbocycles. The van der Waals surface area contributed by atoms with E-state index in [-0.39, 0.29) is 23.7 Å². The van der Waals surface area contributed by atoms with Crippen molar-refractivity contribution in [3.05, 3.63) is 20.1 Å². The monoisotopic (exact) mass is 629 g/mol. The summed E-state index contributed by atoms with van der Waals surface area (Å²) in [6.45, 7) is 14.9. The zero-order valence-electron chi connectivity index (χ0n) is 22.6. The SMILES string of the molecule is Cn1c(N2C3CCCC2CN(C(=O)OC(C)(C)C)C3)nc2c(c(I)cn2COCC[Si](C)(C)C)c1=O. The van der Waals surface area contributed by atoms with Crippen LogP contribution in [0.5, 0.6) is 0 Å². The van der Waals surface area contributed by atoms with E-state index in [9.17, 15) is 9.59 Å². The number of likely N-dealkylation sites (tertiary alicyclic amines) is 1. The fraction of sp³-hybridized carbons (Fsp3) is 0.720. The topological polar surface area (TPSA) is 81.8 Å².